The maximum absolute atomic E-state index is 11.6. The lowest BCUT2D eigenvalue weighted by atomic mass is 10.1. The van der Waals surface area contributed by atoms with Crippen LogP contribution in [0.2, 0.25) is 0 Å². The summed E-state index contributed by atoms with van der Waals surface area (Å²) in [5.74, 6) is 0. The van der Waals surface area contributed by atoms with Crippen LogP contribution in [0, 0.1) is 6.58 Å². The van der Waals surface area contributed by atoms with Gasteiger partial charge in [0.05, 0.1) is 0 Å². The molecule has 0 bridgehead atoms. The first-order valence-electron chi connectivity index (χ1n) is 3.26. The summed E-state index contributed by atoms with van der Waals surface area (Å²) in [7, 11) is 0. The summed E-state index contributed by atoms with van der Waals surface area (Å²) in [6.45, 7) is 4.94. The first kappa shape index (κ1) is 10.5. The van der Waals surface area contributed by atoms with Crippen LogP contribution in [0.5, 0.6) is 0 Å². The Bertz CT molecular complexity index is 119. The van der Waals surface area contributed by atoms with E-state index in [0.29, 0.717) is 6.42 Å². The second kappa shape index (κ2) is 4.38. The van der Waals surface area contributed by atoms with E-state index < -0.39 is 12.3 Å². The number of alkyl halides is 3. The van der Waals surface area contributed by atoms with Gasteiger partial charge in [0, 0.05) is 0 Å². The van der Waals surface area contributed by atoms with E-state index in [9.17, 15) is 13.2 Å². The van der Waals surface area contributed by atoms with E-state index in [1.54, 1.807) is 0 Å². The summed E-state index contributed by atoms with van der Waals surface area (Å²) in [6.07, 6.45) is -5.04. The van der Waals surface area contributed by atoms with Crippen LogP contribution in [0.4, 0.5) is 13.2 Å². The topological polar surface area (TPSA) is 20.2 Å². The van der Waals surface area contributed by atoms with Crippen LogP contribution in [-0.4, -0.2) is 17.4 Å². The second-order valence-electron chi connectivity index (χ2n) is 2.22. The number of hydrogen-bond acceptors (Lipinski definition) is 1. The molecule has 0 saturated carbocycles. The summed E-state index contributed by atoms with van der Waals surface area (Å²) in [5, 5.41) is 8.43. The molecule has 0 aromatic carbocycles. The van der Waals surface area contributed by atoms with Crippen molar-refractivity contribution in [3.05, 3.63) is 12.7 Å². The molecule has 0 saturated heterocycles. The van der Waals surface area contributed by atoms with Crippen LogP contribution in [-0.2, 0) is 0 Å². The van der Waals surface area contributed by atoms with Crippen molar-refractivity contribution in [1.82, 2.24) is 0 Å². The normalized spacial score (nSPS) is 14.5. The number of hydrogen-bond donors (Lipinski definition) is 1. The van der Waals surface area contributed by atoms with Gasteiger partial charge in [-0.25, -0.2) is 0 Å². The van der Waals surface area contributed by atoms with Crippen LogP contribution in [0.3, 0.4) is 0 Å². The highest BCUT2D eigenvalue weighted by atomic mass is 19.4. The van der Waals surface area contributed by atoms with Crippen molar-refractivity contribution in [2.24, 2.45) is 0 Å². The van der Waals surface area contributed by atoms with E-state index in [2.05, 4.69) is 0 Å². The van der Waals surface area contributed by atoms with E-state index in [4.69, 9.17) is 11.7 Å². The fraction of sp³-hybridized carbons (Fsp3) is 0.714. The molecule has 1 atom stereocenters. The fourth-order valence-electron chi connectivity index (χ4n) is 0.593. The van der Waals surface area contributed by atoms with Crippen molar-refractivity contribution in [2.45, 2.75) is 31.5 Å². The molecule has 0 fully saturated rings. The Morgan fingerprint density at radius 1 is 1.45 bits per heavy atom. The van der Waals surface area contributed by atoms with Crippen molar-refractivity contribution >= 4 is 0 Å². The van der Waals surface area contributed by atoms with Gasteiger partial charge in [-0.3, -0.25) is 0 Å². The highest BCUT2D eigenvalue weighted by molar-refractivity contribution is 4.68. The highest BCUT2D eigenvalue weighted by Gasteiger charge is 2.37. The van der Waals surface area contributed by atoms with Gasteiger partial charge in [-0.1, -0.05) is 12.7 Å². The molecular formula is C7H10F3O. The molecular weight excluding hydrogens is 157 g/mol. The standard InChI is InChI=1S/C7H10F3O/c1-2-3-4-5-6(11)7(8,9)10/h1-2,6,11H,3-5H2. The molecule has 0 amide bonds. The lowest BCUT2D eigenvalue weighted by Gasteiger charge is -2.13. The molecule has 0 spiro atoms. The average molecular weight is 167 g/mol. The average Bonchev–Trinajstić information content (AvgIpc) is 1.86. The molecule has 11 heavy (non-hydrogen) atoms. The van der Waals surface area contributed by atoms with Gasteiger partial charge in [0.1, 0.15) is 6.10 Å². The van der Waals surface area contributed by atoms with Gasteiger partial charge >= 0.3 is 6.18 Å². The van der Waals surface area contributed by atoms with Gasteiger partial charge in [0.15, 0.2) is 0 Å². The van der Waals surface area contributed by atoms with Crippen LogP contribution in [0.15, 0.2) is 6.08 Å². The minimum Gasteiger partial charge on any atom is -0.384 e. The second-order valence-corrected chi connectivity index (χ2v) is 2.22. The smallest absolute Gasteiger partial charge is 0.384 e. The van der Waals surface area contributed by atoms with Crippen LogP contribution in [0.25, 0.3) is 0 Å². The highest BCUT2D eigenvalue weighted by Crippen LogP contribution is 2.23. The number of unbranched alkanes of at least 4 members (excludes halogenated alkanes) is 1. The summed E-state index contributed by atoms with van der Waals surface area (Å²) in [4.78, 5) is 0. The molecule has 0 aliphatic heterocycles. The van der Waals surface area contributed by atoms with E-state index in [1.807, 2.05) is 0 Å². The van der Waals surface area contributed by atoms with Crippen LogP contribution >= 0.6 is 0 Å². The lowest BCUT2D eigenvalue weighted by Crippen LogP contribution is -2.28. The minimum absolute atomic E-state index is 0.261. The van der Waals surface area contributed by atoms with Crippen molar-refractivity contribution in [3.63, 3.8) is 0 Å². The molecule has 0 heterocycles. The van der Waals surface area contributed by atoms with Crippen LogP contribution < -0.4 is 0 Å². The number of aliphatic hydroxyl groups is 1. The number of allylic oxidation sites excluding steroid dienone is 1. The minimum atomic E-state index is -4.49. The summed E-state index contributed by atoms with van der Waals surface area (Å²) in [6, 6.07) is 0. The Labute approximate surface area is 63.5 Å². The summed E-state index contributed by atoms with van der Waals surface area (Å²) >= 11 is 0. The van der Waals surface area contributed by atoms with E-state index >= 15 is 0 Å². The predicted octanol–water partition coefficient (Wildman–Crippen LogP) is 2.07. The van der Waals surface area contributed by atoms with Gasteiger partial charge in [-0.15, -0.1) is 0 Å². The van der Waals surface area contributed by atoms with Crippen molar-refractivity contribution in [2.75, 3.05) is 0 Å². The molecule has 0 aliphatic rings. The van der Waals surface area contributed by atoms with Crippen molar-refractivity contribution < 1.29 is 18.3 Å². The van der Waals surface area contributed by atoms with Gasteiger partial charge < -0.3 is 5.11 Å². The largest absolute Gasteiger partial charge is 0.414 e. The molecule has 65 valence electrons. The molecule has 0 aromatic rings. The summed E-state index contributed by atoms with van der Waals surface area (Å²) in [5.41, 5.74) is 0. The van der Waals surface area contributed by atoms with Gasteiger partial charge in [0.2, 0.25) is 0 Å². The first-order chi connectivity index (χ1) is 4.98. The zero-order valence-electron chi connectivity index (χ0n) is 5.93. The fourth-order valence-corrected chi connectivity index (χ4v) is 0.593. The van der Waals surface area contributed by atoms with Crippen molar-refractivity contribution in [1.29, 1.82) is 0 Å². The number of aliphatic hydroxyl groups excluding tert-OH is 1. The molecule has 1 radical (unpaired) electrons. The third kappa shape index (κ3) is 4.84. The maximum Gasteiger partial charge on any atom is 0.414 e. The van der Waals surface area contributed by atoms with Crippen LogP contribution in [0.1, 0.15) is 19.3 Å². The number of rotatable bonds is 4. The lowest BCUT2D eigenvalue weighted by molar-refractivity contribution is -0.205. The molecule has 0 aromatic heterocycles. The Morgan fingerprint density at radius 2 is 2.00 bits per heavy atom. The Kier molecular flexibility index (Phi) is 4.18. The maximum atomic E-state index is 11.6. The Morgan fingerprint density at radius 3 is 2.36 bits per heavy atom. The number of halogens is 3. The molecule has 4 heteroatoms. The molecule has 1 N–H and O–H groups in total. The first-order valence-corrected chi connectivity index (χ1v) is 3.26. The summed E-state index contributed by atoms with van der Waals surface area (Å²) < 4.78 is 34.8. The molecule has 1 nitrogen and oxygen atoms in total. The Hall–Kier alpha value is -0.510. The van der Waals surface area contributed by atoms with E-state index in [1.165, 1.54) is 6.08 Å². The van der Waals surface area contributed by atoms with E-state index in [0.717, 1.165) is 0 Å². The SMILES string of the molecule is [CH]=CCCCC(O)C(F)(F)F. The Balaban J connectivity index is 3.52. The zero-order chi connectivity index (χ0) is 8.91. The zero-order valence-corrected chi connectivity index (χ0v) is 5.93. The van der Waals surface area contributed by atoms with Gasteiger partial charge in [-0.2, -0.15) is 13.2 Å². The third-order valence-electron chi connectivity index (χ3n) is 1.23. The predicted molar refractivity (Wildman–Crippen MR) is 34.8 cm³/mol. The monoisotopic (exact) mass is 167 g/mol. The molecule has 0 aliphatic carbocycles. The quantitative estimate of drug-likeness (QED) is 0.635. The van der Waals surface area contributed by atoms with Gasteiger partial charge in [-0.05, 0) is 19.3 Å². The molecule has 1 unspecified atom stereocenters. The molecule has 0 rings (SSSR count). The van der Waals surface area contributed by atoms with E-state index in [-0.39, 0.29) is 12.8 Å². The van der Waals surface area contributed by atoms with Gasteiger partial charge in [0.25, 0.3) is 0 Å². The van der Waals surface area contributed by atoms with Crippen molar-refractivity contribution in [3.8, 4) is 0 Å². The third-order valence-corrected chi connectivity index (χ3v) is 1.23.